The summed E-state index contributed by atoms with van der Waals surface area (Å²) in [6, 6.07) is 31.2. The van der Waals surface area contributed by atoms with Crippen LogP contribution in [0.5, 0.6) is 0 Å². The van der Waals surface area contributed by atoms with Crippen molar-refractivity contribution in [1.82, 2.24) is 0 Å². The molecule has 108 valence electrons. The topological polar surface area (TPSA) is 0 Å². The van der Waals surface area contributed by atoms with E-state index >= 15 is 0 Å². The minimum absolute atomic E-state index is 0. The molecular formula is C19H19IS. The van der Waals surface area contributed by atoms with Crippen LogP contribution in [0.15, 0.2) is 101 Å². The highest BCUT2D eigenvalue weighted by molar-refractivity contribution is 7.78. The van der Waals surface area contributed by atoms with Gasteiger partial charge in [-0.3, -0.25) is 0 Å². The maximum Gasteiger partial charge on any atom is 0.158 e. The average molecular weight is 406 g/mol. The van der Waals surface area contributed by atoms with E-state index in [-0.39, 0.29) is 24.0 Å². The maximum absolute atomic E-state index is 2.15. The molecule has 0 saturated carbocycles. The normalized spacial score (nSPS) is 9.00. The van der Waals surface area contributed by atoms with E-state index in [4.69, 9.17) is 0 Å². The van der Waals surface area contributed by atoms with Gasteiger partial charge in [-0.05, 0) is 31.2 Å². The molecule has 0 nitrogen and oxygen atoms in total. The molecule has 0 atom stereocenters. The number of thiol groups is 1. The van der Waals surface area contributed by atoms with E-state index in [1.165, 1.54) is 27.1 Å². The first-order valence-corrected chi connectivity index (χ1v) is 7.57. The molecule has 0 radical (unpaired) electrons. The van der Waals surface area contributed by atoms with Crippen molar-refractivity contribution < 1.29 is 24.0 Å². The van der Waals surface area contributed by atoms with E-state index in [1.54, 1.807) is 0 Å². The smallest absolute Gasteiger partial charge is 0.158 e. The Hall–Kier alpha value is -1.26. The molecule has 0 spiro atoms. The quantitative estimate of drug-likeness (QED) is 0.347. The van der Waals surface area contributed by atoms with Gasteiger partial charge < -0.3 is 24.0 Å². The van der Waals surface area contributed by atoms with Crippen molar-refractivity contribution in [3.8, 4) is 0 Å². The van der Waals surface area contributed by atoms with Crippen LogP contribution in [0.25, 0.3) is 0 Å². The van der Waals surface area contributed by atoms with Gasteiger partial charge in [-0.2, -0.15) is 0 Å². The van der Waals surface area contributed by atoms with Crippen molar-refractivity contribution in [3.05, 3.63) is 96.6 Å². The molecule has 0 heterocycles. The van der Waals surface area contributed by atoms with Crippen LogP contribution in [0.1, 0.15) is 5.56 Å². The number of aryl methyl sites for hydroxylation is 1. The minimum Gasteiger partial charge on any atom is -1.00 e. The molecule has 3 aromatic rings. The highest BCUT2D eigenvalue weighted by Crippen LogP contribution is 2.10. The predicted octanol–water partition coefficient (Wildman–Crippen LogP) is 1.92. The average Bonchev–Trinajstić information content (AvgIpc) is 2.51. The van der Waals surface area contributed by atoms with Crippen molar-refractivity contribution in [2.45, 2.75) is 16.7 Å². The molecular weight excluding hydrogens is 387 g/mol. The lowest BCUT2D eigenvalue weighted by atomic mass is 10.2. The molecule has 3 aromatic carbocycles. The van der Waals surface area contributed by atoms with Gasteiger partial charge >= 0.3 is 0 Å². The minimum atomic E-state index is 0. The second kappa shape index (κ2) is 10.5. The molecule has 0 aliphatic rings. The van der Waals surface area contributed by atoms with Crippen molar-refractivity contribution in [1.29, 1.82) is 0 Å². The summed E-state index contributed by atoms with van der Waals surface area (Å²) >= 11 is 1.28. The summed E-state index contributed by atoms with van der Waals surface area (Å²) in [5.41, 5.74) is 1.32. The number of rotatable bonds is 2. The Morgan fingerprint density at radius 1 is 0.524 bits per heavy atom. The molecule has 2 heteroatoms. The number of benzene rings is 3. The summed E-state index contributed by atoms with van der Waals surface area (Å²) in [6.07, 6.45) is 0. The first-order chi connectivity index (χ1) is 9.84. The summed E-state index contributed by atoms with van der Waals surface area (Å²) < 4.78 is 0. The molecule has 0 N–H and O–H groups in total. The van der Waals surface area contributed by atoms with E-state index in [2.05, 4.69) is 67.6 Å². The van der Waals surface area contributed by atoms with Gasteiger partial charge in [0.2, 0.25) is 0 Å². The van der Waals surface area contributed by atoms with Crippen LogP contribution < -0.4 is 24.0 Å². The number of halogens is 1. The van der Waals surface area contributed by atoms with E-state index < -0.39 is 0 Å². The van der Waals surface area contributed by atoms with Gasteiger partial charge in [0.15, 0.2) is 9.79 Å². The Labute approximate surface area is 148 Å². The van der Waals surface area contributed by atoms with Crippen LogP contribution in [0.3, 0.4) is 0 Å². The van der Waals surface area contributed by atoms with Gasteiger partial charge in [-0.25, -0.2) is 0 Å². The number of hydrogen-bond donors (Lipinski definition) is 0. The van der Waals surface area contributed by atoms with Gasteiger partial charge in [0, 0.05) is 11.8 Å². The molecule has 0 fully saturated rings. The molecule has 0 unspecified atom stereocenters. The Morgan fingerprint density at radius 3 is 1.14 bits per heavy atom. The fourth-order valence-electron chi connectivity index (χ4n) is 1.69. The lowest BCUT2D eigenvalue weighted by molar-refractivity contribution is -0.00000401. The Balaban J connectivity index is 0.000000236. The summed E-state index contributed by atoms with van der Waals surface area (Å²) in [4.78, 5) is 2.68. The fourth-order valence-corrected chi connectivity index (χ4v) is 2.63. The summed E-state index contributed by atoms with van der Waals surface area (Å²) in [5, 5.41) is 0. The van der Waals surface area contributed by atoms with Gasteiger partial charge in [-0.15, -0.1) is 0 Å². The lowest BCUT2D eigenvalue weighted by Gasteiger charge is -1.90. The number of hydrogen-bond acceptors (Lipinski definition) is 0. The van der Waals surface area contributed by atoms with Crippen molar-refractivity contribution in [2.24, 2.45) is 0 Å². The van der Waals surface area contributed by atoms with Gasteiger partial charge in [0.1, 0.15) is 0 Å². The fraction of sp³-hybridized carbons (Fsp3) is 0.0526. The molecule has 0 aromatic heterocycles. The first-order valence-electron chi connectivity index (χ1n) is 6.68. The van der Waals surface area contributed by atoms with Crippen LogP contribution >= 0.6 is 0 Å². The largest absolute Gasteiger partial charge is 1.00 e. The first kappa shape index (κ1) is 17.8. The summed E-state index contributed by atoms with van der Waals surface area (Å²) in [7, 11) is 0. The lowest BCUT2D eigenvalue weighted by Crippen LogP contribution is -3.00. The van der Waals surface area contributed by atoms with Gasteiger partial charge in [0.25, 0.3) is 0 Å². The predicted molar refractivity (Wildman–Crippen MR) is 89.4 cm³/mol. The van der Waals surface area contributed by atoms with Gasteiger partial charge in [-0.1, -0.05) is 72.3 Å². The summed E-state index contributed by atoms with van der Waals surface area (Å²) in [5.74, 6) is 0. The highest BCUT2D eigenvalue weighted by atomic mass is 127. The molecule has 0 amide bonds. The van der Waals surface area contributed by atoms with Crippen molar-refractivity contribution >= 4 is 11.8 Å². The second-order valence-corrected chi connectivity index (χ2v) is 5.69. The van der Waals surface area contributed by atoms with Crippen LogP contribution in [0.2, 0.25) is 0 Å². The second-order valence-electron chi connectivity index (χ2n) is 4.44. The van der Waals surface area contributed by atoms with E-state index in [0.717, 1.165) is 0 Å². The van der Waals surface area contributed by atoms with Crippen LogP contribution in [-0.2, 0) is 11.8 Å². The Morgan fingerprint density at radius 2 is 0.857 bits per heavy atom. The Kier molecular flexibility index (Phi) is 8.87. The highest BCUT2D eigenvalue weighted by Gasteiger charge is 2.03. The monoisotopic (exact) mass is 406 g/mol. The van der Waals surface area contributed by atoms with Gasteiger partial charge in [0.05, 0.1) is 0 Å². The third kappa shape index (κ3) is 7.34. The third-order valence-electron chi connectivity index (χ3n) is 2.71. The van der Waals surface area contributed by atoms with E-state index in [9.17, 15) is 0 Å². The SMILES string of the molecule is Cc1ccccc1.[I-].c1ccc([SH+]c2ccccc2)cc1. The molecule has 21 heavy (non-hydrogen) atoms. The standard InChI is InChI=1S/C12H10S.C7H8.HI/c1-3-7-11(8-4-1)13-12-9-5-2-6-10-12;1-7-5-3-2-4-6-7;/h1-10H;2-6H,1H3;1H. The molecule has 0 aliphatic heterocycles. The Bertz CT molecular complexity index is 557. The third-order valence-corrected chi connectivity index (χ3v) is 3.82. The van der Waals surface area contributed by atoms with E-state index in [1.807, 2.05) is 30.3 Å². The molecule has 0 bridgehead atoms. The molecule has 0 aliphatic carbocycles. The van der Waals surface area contributed by atoms with Crippen molar-refractivity contribution in [2.75, 3.05) is 0 Å². The molecule has 3 rings (SSSR count). The van der Waals surface area contributed by atoms with Crippen LogP contribution in [0, 0.1) is 6.92 Å². The van der Waals surface area contributed by atoms with Crippen molar-refractivity contribution in [3.63, 3.8) is 0 Å². The maximum atomic E-state index is 2.15. The van der Waals surface area contributed by atoms with E-state index in [0.29, 0.717) is 0 Å². The summed E-state index contributed by atoms with van der Waals surface area (Å²) in [6.45, 7) is 2.08. The van der Waals surface area contributed by atoms with Crippen LogP contribution in [0.4, 0.5) is 0 Å². The zero-order valence-electron chi connectivity index (χ0n) is 12.0. The zero-order valence-corrected chi connectivity index (χ0v) is 15.0. The zero-order chi connectivity index (χ0) is 14.0. The molecule has 0 saturated heterocycles. The van der Waals surface area contributed by atoms with Crippen LogP contribution in [-0.4, -0.2) is 0 Å².